The molecule has 0 saturated carbocycles. The summed E-state index contributed by atoms with van der Waals surface area (Å²) in [5, 5.41) is 44.3. The molecule has 3 aromatic heterocycles. The number of rotatable bonds is 16. The molecule has 2 atom stereocenters. The van der Waals surface area contributed by atoms with Gasteiger partial charge in [0.25, 0.3) is 0 Å². The number of aromatic amines is 2. The minimum Gasteiger partial charge on any atom is -0.510 e. The molecule has 18 nitrogen and oxygen atoms in total. The second-order valence-corrected chi connectivity index (χ2v) is 15.2. The van der Waals surface area contributed by atoms with Crippen molar-refractivity contribution in [3.8, 4) is 0 Å². The fourth-order valence-corrected chi connectivity index (χ4v) is 7.50. The standard InChI is InChI=1S/C42H56N12O6/c1-19-15-31-35(39(59)25(43)7-5-13-49-41(45)46)37-20(2)16-32(54-37)36(40(60)26(44)8-6-14-50-42(47)48)38-22(4)24(10-12-34(57)58)30(53-38)18-29-23(9-11-33(55)56)21(3)28(52-29)17-27(19)51-31/h15-18,25-26,51,54,59-60H,5-14,43-44H2,1-4H3,(H,55,56)(H,57,58)(H4,45,46,49)(H4,47,48,50)/t25-,26-/m0/s1. The van der Waals surface area contributed by atoms with Crippen LogP contribution in [0.25, 0.3) is 55.9 Å². The van der Waals surface area contributed by atoms with Crippen LogP contribution >= 0.6 is 0 Å². The number of nitrogens with zero attached hydrogens (tertiary/aromatic N) is 4. The number of aromatic nitrogens is 4. The first kappa shape index (κ1) is 44.4. The molecule has 18 N–H and O–H groups in total. The summed E-state index contributed by atoms with van der Waals surface area (Å²) in [4.78, 5) is 48.8. The molecule has 0 unspecified atom stereocenters. The monoisotopic (exact) mass is 824 g/mol. The van der Waals surface area contributed by atoms with Gasteiger partial charge in [-0.1, -0.05) is 0 Å². The van der Waals surface area contributed by atoms with Crippen LogP contribution in [0.1, 0.15) is 99.1 Å². The lowest BCUT2D eigenvalue weighted by atomic mass is 9.97. The number of nitrogens with two attached hydrogens (primary N) is 6. The van der Waals surface area contributed by atoms with Crippen molar-refractivity contribution in [3.05, 3.63) is 68.6 Å². The fraction of sp³-hybridized carbons (Fsp3) is 0.381. The number of guanidine groups is 2. The van der Waals surface area contributed by atoms with Crippen molar-refractivity contribution in [3.63, 3.8) is 0 Å². The van der Waals surface area contributed by atoms with Crippen molar-refractivity contribution in [2.45, 2.75) is 91.1 Å². The second-order valence-electron chi connectivity index (χ2n) is 15.2. The van der Waals surface area contributed by atoms with Crippen LogP contribution in [-0.4, -0.2) is 89.4 Å². The molecule has 0 spiro atoms. The number of hydrogen-bond acceptors (Lipinski definition) is 10. The van der Waals surface area contributed by atoms with E-state index in [0.29, 0.717) is 98.2 Å². The number of aliphatic carboxylic acids is 2. The van der Waals surface area contributed by atoms with Gasteiger partial charge in [-0.25, -0.2) is 9.97 Å². The van der Waals surface area contributed by atoms with Gasteiger partial charge in [-0.2, -0.15) is 0 Å². The maximum atomic E-state index is 12.2. The molecule has 60 heavy (non-hydrogen) atoms. The van der Waals surface area contributed by atoms with Gasteiger partial charge in [-0.05, 0) is 124 Å². The third-order valence-electron chi connectivity index (χ3n) is 10.7. The van der Waals surface area contributed by atoms with Gasteiger partial charge in [0.05, 0.1) is 61.8 Å². The summed E-state index contributed by atoms with van der Waals surface area (Å²) >= 11 is 0. The van der Waals surface area contributed by atoms with Gasteiger partial charge < -0.3 is 64.8 Å². The number of hydrogen-bond donors (Lipinski definition) is 12. The third-order valence-corrected chi connectivity index (χ3v) is 10.7. The zero-order chi connectivity index (χ0) is 44.0. The molecule has 8 bridgehead atoms. The highest BCUT2D eigenvalue weighted by molar-refractivity contribution is 5.96. The van der Waals surface area contributed by atoms with E-state index in [2.05, 4.69) is 20.0 Å². The van der Waals surface area contributed by atoms with Crippen LogP contribution in [0.3, 0.4) is 0 Å². The molecular weight excluding hydrogens is 769 g/mol. The van der Waals surface area contributed by atoms with Gasteiger partial charge >= 0.3 is 11.9 Å². The maximum Gasteiger partial charge on any atom is 0.303 e. The van der Waals surface area contributed by atoms with Crippen LogP contribution in [-0.2, 0) is 9.59 Å². The normalized spacial score (nSPS) is 14.8. The summed E-state index contributed by atoms with van der Waals surface area (Å²) in [7, 11) is 0. The van der Waals surface area contributed by atoms with E-state index in [1.165, 1.54) is 0 Å². The first-order chi connectivity index (χ1) is 28.4. The van der Waals surface area contributed by atoms with Gasteiger partial charge in [-0.15, -0.1) is 0 Å². The number of aryl methyl sites for hydroxylation is 2. The zero-order valence-corrected chi connectivity index (χ0v) is 34.4. The predicted molar refractivity (Wildman–Crippen MR) is 236 cm³/mol. The molecule has 0 aromatic carbocycles. The van der Waals surface area contributed by atoms with Crippen molar-refractivity contribution < 1.29 is 30.0 Å². The minimum atomic E-state index is -1.01. The van der Waals surface area contributed by atoms with Crippen LogP contribution in [0.15, 0.2) is 34.3 Å². The molecule has 0 saturated heterocycles. The molecule has 0 radical (unpaired) electrons. The Morgan fingerprint density at radius 2 is 1.13 bits per heavy atom. The molecule has 0 aliphatic carbocycles. The van der Waals surface area contributed by atoms with Crippen LogP contribution in [0.5, 0.6) is 0 Å². The van der Waals surface area contributed by atoms with Crippen molar-refractivity contribution in [2.75, 3.05) is 13.1 Å². The fourth-order valence-electron chi connectivity index (χ4n) is 7.50. The number of allylic oxidation sites excluding steroid dienone is 4. The molecule has 320 valence electrons. The van der Waals surface area contributed by atoms with Gasteiger partial charge in [0.1, 0.15) is 11.5 Å². The van der Waals surface area contributed by atoms with E-state index in [4.69, 9.17) is 44.4 Å². The summed E-state index contributed by atoms with van der Waals surface area (Å²) in [5.74, 6) is -2.42. The van der Waals surface area contributed by atoms with E-state index < -0.39 is 24.0 Å². The summed E-state index contributed by atoms with van der Waals surface area (Å²) in [6.07, 6.45) is 1.46. The minimum absolute atomic E-state index is 0.0475. The molecule has 2 aliphatic rings. The summed E-state index contributed by atoms with van der Waals surface area (Å²) in [6, 6.07) is 5.58. The average Bonchev–Trinajstić information content (AvgIpc) is 3.89. The third kappa shape index (κ3) is 10.1. The topological polar surface area (TPSA) is 353 Å². The van der Waals surface area contributed by atoms with E-state index in [1.807, 2.05) is 39.0 Å². The van der Waals surface area contributed by atoms with Crippen LogP contribution in [0.2, 0.25) is 0 Å². The Labute approximate surface area is 346 Å². The van der Waals surface area contributed by atoms with Crippen molar-refractivity contribution in [2.24, 2.45) is 44.4 Å². The molecule has 18 heteroatoms. The number of aliphatic imine (C=N–C) groups is 2. The Morgan fingerprint density at radius 3 is 1.68 bits per heavy atom. The summed E-state index contributed by atoms with van der Waals surface area (Å²) < 4.78 is 0. The highest BCUT2D eigenvalue weighted by atomic mass is 16.4. The predicted octanol–water partition coefficient (Wildman–Crippen LogP) is 2.62. The van der Waals surface area contributed by atoms with Crippen LogP contribution in [0, 0.1) is 13.8 Å². The van der Waals surface area contributed by atoms with Gasteiger partial charge in [0.2, 0.25) is 0 Å². The van der Waals surface area contributed by atoms with Crippen LogP contribution in [0.4, 0.5) is 0 Å². The molecule has 0 amide bonds. The van der Waals surface area contributed by atoms with E-state index in [9.17, 15) is 30.0 Å². The highest BCUT2D eigenvalue weighted by Crippen LogP contribution is 2.37. The average molecular weight is 825 g/mol. The van der Waals surface area contributed by atoms with Crippen molar-refractivity contribution >= 4 is 79.7 Å². The molecule has 5 heterocycles. The first-order valence-corrected chi connectivity index (χ1v) is 19.7. The Morgan fingerprint density at radius 1 is 0.633 bits per heavy atom. The van der Waals surface area contributed by atoms with Crippen LogP contribution < -0.4 is 44.8 Å². The molecule has 5 rings (SSSR count). The number of carboxylic acids is 2. The Kier molecular flexibility index (Phi) is 14.0. The number of aliphatic hydroxyl groups is 2. The number of H-pyrrole nitrogens is 2. The number of carbonyl (C=O) groups is 2. The van der Waals surface area contributed by atoms with Gasteiger partial charge in [-0.3, -0.25) is 19.6 Å². The number of fused-ring (bicyclic) bond motifs is 8. The lowest BCUT2D eigenvalue weighted by Crippen LogP contribution is -2.29. The first-order valence-electron chi connectivity index (χ1n) is 19.7. The van der Waals surface area contributed by atoms with E-state index in [-0.39, 0.29) is 67.3 Å². The Hall–Kier alpha value is -6.66. The van der Waals surface area contributed by atoms with E-state index >= 15 is 0 Å². The lowest BCUT2D eigenvalue weighted by Gasteiger charge is -2.11. The summed E-state index contributed by atoms with van der Waals surface area (Å²) in [6.45, 7) is 8.03. The van der Waals surface area contributed by atoms with E-state index in [1.54, 1.807) is 13.0 Å². The van der Waals surface area contributed by atoms with Gasteiger partial charge in [0, 0.05) is 31.4 Å². The summed E-state index contributed by atoms with van der Waals surface area (Å²) in [5.41, 5.74) is 43.6. The molecule has 2 aliphatic heterocycles. The van der Waals surface area contributed by atoms with Gasteiger partial charge in [0.15, 0.2) is 11.9 Å². The number of carboxylic acid groups (broad SMARTS) is 2. The quantitative estimate of drug-likeness (QED) is 0.0561. The van der Waals surface area contributed by atoms with Crippen molar-refractivity contribution in [1.82, 2.24) is 19.9 Å². The maximum absolute atomic E-state index is 12.2. The molecule has 3 aromatic rings. The lowest BCUT2D eigenvalue weighted by molar-refractivity contribution is -0.137. The highest BCUT2D eigenvalue weighted by Gasteiger charge is 2.25. The zero-order valence-electron chi connectivity index (χ0n) is 34.4. The Balaban J connectivity index is 2.00. The second kappa shape index (κ2) is 18.9. The number of nitrogens with one attached hydrogen (secondary N) is 2. The molecule has 0 fully saturated rings. The SMILES string of the molecule is CC1=C(CCC(=O)O)c2cc3nc(c(=C(O)[C@@H](N)CCCN=C(N)N)c4cc(C)c([nH]4)c(=C(O)[C@@H](N)CCCN=C(N)N)c4cc(C)c(cc1n2)[nH]4)C(C)=C3CCC(=O)O. The smallest absolute Gasteiger partial charge is 0.303 e. The largest absolute Gasteiger partial charge is 0.510 e. The van der Waals surface area contributed by atoms with Crippen molar-refractivity contribution in [1.29, 1.82) is 0 Å². The number of aliphatic hydroxyl groups excluding tert-OH is 2. The Bertz CT molecular complexity index is 2610. The van der Waals surface area contributed by atoms with E-state index in [0.717, 1.165) is 11.1 Å². The molecular formula is C42H56N12O6.